The lowest BCUT2D eigenvalue weighted by Gasteiger charge is -2.08. The van der Waals surface area contributed by atoms with Gasteiger partial charge in [0, 0.05) is 12.6 Å². The highest BCUT2D eigenvalue weighted by molar-refractivity contribution is 6.32. The predicted octanol–water partition coefficient (Wildman–Crippen LogP) is 3.98. The topological polar surface area (TPSA) is 47.0 Å². The zero-order valence-electron chi connectivity index (χ0n) is 12.6. The normalized spacial score (nSPS) is 10.9. The average Bonchev–Trinajstić information content (AvgIpc) is 2.44. The van der Waals surface area contributed by atoms with Crippen molar-refractivity contribution in [3.63, 3.8) is 0 Å². The Morgan fingerprint density at radius 1 is 1.19 bits per heavy atom. The van der Waals surface area contributed by atoms with E-state index in [-0.39, 0.29) is 0 Å². The van der Waals surface area contributed by atoms with Crippen molar-refractivity contribution in [2.75, 3.05) is 6.54 Å². The molecule has 5 heteroatoms. The summed E-state index contributed by atoms with van der Waals surface area (Å²) in [6.07, 6.45) is 0. The van der Waals surface area contributed by atoms with Crippen molar-refractivity contribution >= 4 is 11.6 Å². The quantitative estimate of drug-likeness (QED) is 0.877. The van der Waals surface area contributed by atoms with Crippen LogP contribution in [0.2, 0.25) is 5.02 Å². The summed E-state index contributed by atoms with van der Waals surface area (Å²) in [5.74, 6) is 1.65. The number of aryl methyl sites for hydroxylation is 1. The van der Waals surface area contributed by atoms with E-state index in [0.717, 1.165) is 17.8 Å². The van der Waals surface area contributed by atoms with E-state index >= 15 is 0 Å². The van der Waals surface area contributed by atoms with Crippen molar-refractivity contribution in [1.29, 1.82) is 0 Å². The Morgan fingerprint density at radius 2 is 2.00 bits per heavy atom. The van der Waals surface area contributed by atoms with Gasteiger partial charge in [-0.3, -0.25) is 0 Å². The van der Waals surface area contributed by atoms with Gasteiger partial charge in [0.15, 0.2) is 0 Å². The second kappa shape index (κ2) is 7.38. The fourth-order valence-corrected chi connectivity index (χ4v) is 1.94. The summed E-state index contributed by atoms with van der Waals surface area (Å²) < 4.78 is 5.66. The Kier molecular flexibility index (Phi) is 5.53. The summed E-state index contributed by atoms with van der Waals surface area (Å²) >= 11 is 6.09. The summed E-state index contributed by atoms with van der Waals surface area (Å²) in [7, 11) is 0. The molecule has 0 aliphatic heterocycles. The lowest BCUT2D eigenvalue weighted by molar-refractivity contribution is 0.452. The van der Waals surface area contributed by atoms with E-state index in [2.05, 4.69) is 29.4 Å². The Bertz CT molecular complexity index is 585. The molecule has 112 valence electrons. The molecule has 0 aliphatic carbocycles. The third-order valence-corrected chi connectivity index (χ3v) is 3.17. The number of benzene rings is 1. The third-order valence-electron chi connectivity index (χ3n) is 2.86. The third kappa shape index (κ3) is 4.99. The molecule has 1 heterocycles. The van der Waals surface area contributed by atoms with Crippen LogP contribution in [-0.2, 0) is 6.54 Å². The van der Waals surface area contributed by atoms with Gasteiger partial charge in [-0.15, -0.1) is 5.10 Å². The smallest absolute Gasteiger partial charge is 0.238 e. The van der Waals surface area contributed by atoms with E-state index in [4.69, 9.17) is 16.3 Å². The molecule has 1 aromatic carbocycles. The maximum Gasteiger partial charge on any atom is 0.238 e. The summed E-state index contributed by atoms with van der Waals surface area (Å²) in [6.45, 7) is 7.98. The predicted molar refractivity (Wildman–Crippen MR) is 84.8 cm³/mol. The molecular weight excluding hydrogens is 286 g/mol. The Hall–Kier alpha value is -1.65. The first kappa shape index (κ1) is 15.7. The van der Waals surface area contributed by atoms with E-state index < -0.39 is 0 Å². The van der Waals surface area contributed by atoms with E-state index in [0.29, 0.717) is 29.1 Å². The van der Waals surface area contributed by atoms with Crippen molar-refractivity contribution in [3.05, 3.63) is 46.6 Å². The molecule has 1 aromatic heterocycles. The van der Waals surface area contributed by atoms with Gasteiger partial charge in [-0.2, -0.15) is 5.10 Å². The molecule has 0 radical (unpaired) electrons. The Morgan fingerprint density at radius 3 is 2.67 bits per heavy atom. The van der Waals surface area contributed by atoms with Crippen molar-refractivity contribution in [1.82, 2.24) is 15.5 Å². The van der Waals surface area contributed by atoms with Crippen molar-refractivity contribution in [3.8, 4) is 11.6 Å². The zero-order chi connectivity index (χ0) is 15.2. The van der Waals surface area contributed by atoms with Gasteiger partial charge in [0.05, 0.1) is 10.7 Å². The number of aromatic nitrogens is 2. The number of hydrogen-bond donors (Lipinski definition) is 1. The van der Waals surface area contributed by atoms with E-state index in [1.165, 1.54) is 0 Å². The molecule has 0 amide bonds. The summed E-state index contributed by atoms with van der Waals surface area (Å²) in [5.41, 5.74) is 1.97. The zero-order valence-corrected chi connectivity index (χ0v) is 13.3. The standard InChI is InChI=1S/C16H20ClN3O/c1-11(2)9-18-10-13-5-7-16(20-19-13)21-15-8-12(3)4-6-14(15)17/h4-8,11,18H,9-10H2,1-3H3. The number of halogens is 1. The molecule has 0 aliphatic rings. The maximum atomic E-state index is 6.09. The molecule has 0 saturated carbocycles. The molecule has 0 saturated heterocycles. The van der Waals surface area contributed by atoms with Crippen LogP contribution in [0.3, 0.4) is 0 Å². The first-order chi connectivity index (χ1) is 10.0. The van der Waals surface area contributed by atoms with Crippen LogP contribution in [0.1, 0.15) is 25.1 Å². The maximum absolute atomic E-state index is 6.09. The summed E-state index contributed by atoms with van der Waals surface area (Å²) in [5, 5.41) is 12.1. The number of nitrogens with one attached hydrogen (secondary N) is 1. The lowest BCUT2D eigenvalue weighted by atomic mass is 10.2. The van der Waals surface area contributed by atoms with Crippen LogP contribution in [-0.4, -0.2) is 16.7 Å². The van der Waals surface area contributed by atoms with Crippen LogP contribution in [0.4, 0.5) is 0 Å². The fraction of sp³-hybridized carbons (Fsp3) is 0.375. The van der Waals surface area contributed by atoms with Gasteiger partial charge in [-0.1, -0.05) is 31.5 Å². The summed E-state index contributed by atoms with van der Waals surface area (Å²) in [4.78, 5) is 0. The van der Waals surface area contributed by atoms with E-state index in [9.17, 15) is 0 Å². The second-order valence-corrected chi connectivity index (χ2v) is 5.83. The molecule has 1 N–H and O–H groups in total. The van der Waals surface area contributed by atoms with Gasteiger partial charge in [0.1, 0.15) is 5.75 Å². The van der Waals surface area contributed by atoms with E-state index in [1.807, 2.05) is 31.2 Å². The van der Waals surface area contributed by atoms with Crippen LogP contribution in [0, 0.1) is 12.8 Å². The highest BCUT2D eigenvalue weighted by atomic mass is 35.5. The van der Waals surface area contributed by atoms with Crippen molar-refractivity contribution in [2.45, 2.75) is 27.3 Å². The first-order valence-electron chi connectivity index (χ1n) is 7.02. The molecule has 2 rings (SSSR count). The largest absolute Gasteiger partial charge is 0.436 e. The first-order valence-corrected chi connectivity index (χ1v) is 7.39. The van der Waals surface area contributed by atoms with Crippen LogP contribution in [0.25, 0.3) is 0 Å². The van der Waals surface area contributed by atoms with Crippen LogP contribution < -0.4 is 10.1 Å². The van der Waals surface area contributed by atoms with Gasteiger partial charge in [-0.05, 0) is 43.1 Å². The molecule has 0 unspecified atom stereocenters. The van der Waals surface area contributed by atoms with E-state index in [1.54, 1.807) is 6.07 Å². The highest BCUT2D eigenvalue weighted by Gasteiger charge is 2.05. The van der Waals surface area contributed by atoms with Crippen LogP contribution >= 0.6 is 11.6 Å². The molecular formula is C16H20ClN3O. The van der Waals surface area contributed by atoms with Crippen LogP contribution in [0.5, 0.6) is 11.6 Å². The molecule has 0 spiro atoms. The van der Waals surface area contributed by atoms with Gasteiger partial charge >= 0.3 is 0 Å². The molecule has 0 bridgehead atoms. The minimum atomic E-state index is 0.440. The molecule has 2 aromatic rings. The van der Waals surface area contributed by atoms with Crippen LogP contribution in [0.15, 0.2) is 30.3 Å². The Balaban J connectivity index is 1.97. The molecule has 21 heavy (non-hydrogen) atoms. The van der Waals surface area contributed by atoms with Crippen molar-refractivity contribution < 1.29 is 4.74 Å². The minimum absolute atomic E-state index is 0.440. The lowest BCUT2D eigenvalue weighted by Crippen LogP contribution is -2.19. The Labute approximate surface area is 130 Å². The average molecular weight is 306 g/mol. The monoisotopic (exact) mass is 305 g/mol. The van der Waals surface area contributed by atoms with Gasteiger partial charge < -0.3 is 10.1 Å². The summed E-state index contributed by atoms with van der Waals surface area (Å²) in [6, 6.07) is 9.33. The van der Waals surface area contributed by atoms with Gasteiger partial charge in [0.25, 0.3) is 0 Å². The van der Waals surface area contributed by atoms with Gasteiger partial charge in [-0.25, -0.2) is 0 Å². The fourth-order valence-electron chi connectivity index (χ4n) is 1.79. The second-order valence-electron chi connectivity index (χ2n) is 5.42. The SMILES string of the molecule is Cc1ccc(Cl)c(Oc2ccc(CNCC(C)C)nn2)c1. The van der Waals surface area contributed by atoms with Gasteiger partial charge in [0.2, 0.25) is 5.88 Å². The highest BCUT2D eigenvalue weighted by Crippen LogP contribution is 2.28. The molecule has 4 nitrogen and oxygen atoms in total. The minimum Gasteiger partial charge on any atom is -0.436 e. The number of ether oxygens (including phenoxy) is 1. The number of rotatable bonds is 6. The number of nitrogens with zero attached hydrogens (tertiary/aromatic N) is 2. The molecule has 0 atom stereocenters. The van der Waals surface area contributed by atoms with Crippen molar-refractivity contribution in [2.24, 2.45) is 5.92 Å². The molecule has 0 fully saturated rings. The number of hydrogen-bond acceptors (Lipinski definition) is 4.